The number of nitrogens with zero attached hydrogens (tertiary/aromatic N) is 6. The Bertz CT molecular complexity index is 1600. The van der Waals surface area contributed by atoms with Gasteiger partial charge in [-0.15, -0.1) is 0 Å². The molecule has 0 atom stereocenters. The standard InChI is InChI=1S/C39H52N6O9/c1-36(2,3)51-32(47)42-21-22-43(33(48)52-37(4,5)6)30(42)40-27-17-13-25(14-18-27)29(46)26-15-19-28(20-16-26)41-31-44(34(49)53-38(7,8)9)23-24-45(31)35(50)54-39(10,11)12/h13-20H,21-24H2,1-12H3. The molecule has 0 aromatic heterocycles. The first-order valence-electron chi connectivity index (χ1n) is 17.7. The van der Waals surface area contributed by atoms with Gasteiger partial charge in [-0.2, -0.15) is 0 Å². The highest BCUT2D eigenvalue weighted by Crippen LogP contribution is 2.26. The number of carbonyl (C=O) groups is 5. The summed E-state index contributed by atoms with van der Waals surface area (Å²) in [6, 6.07) is 12.8. The van der Waals surface area contributed by atoms with E-state index in [-0.39, 0.29) is 43.9 Å². The maximum Gasteiger partial charge on any atom is 0.417 e. The molecule has 0 N–H and O–H groups in total. The molecule has 54 heavy (non-hydrogen) atoms. The predicted molar refractivity (Wildman–Crippen MR) is 202 cm³/mol. The van der Waals surface area contributed by atoms with Gasteiger partial charge in [0.05, 0.1) is 37.6 Å². The first-order chi connectivity index (χ1) is 24.8. The van der Waals surface area contributed by atoms with Crippen molar-refractivity contribution in [2.24, 2.45) is 9.98 Å². The van der Waals surface area contributed by atoms with Crippen LogP contribution < -0.4 is 0 Å². The molecule has 4 rings (SSSR count). The lowest BCUT2D eigenvalue weighted by molar-refractivity contribution is 0.0351. The fraction of sp³-hybridized carbons (Fsp3) is 0.513. The Kier molecular flexibility index (Phi) is 11.8. The third kappa shape index (κ3) is 11.3. The number of rotatable bonds is 4. The van der Waals surface area contributed by atoms with Crippen LogP contribution in [0.25, 0.3) is 0 Å². The van der Waals surface area contributed by atoms with E-state index in [0.29, 0.717) is 22.5 Å². The molecule has 2 heterocycles. The highest BCUT2D eigenvalue weighted by Gasteiger charge is 2.41. The van der Waals surface area contributed by atoms with E-state index in [1.165, 1.54) is 19.6 Å². The maximum absolute atomic E-state index is 13.5. The van der Waals surface area contributed by atoms with Gasteiger partial charge in [0.15, 0.2) is 5.78 Å². The minimum atomic E-state index is -0.772. The van der Waals surface area contributed by atoms with Gasteiger partial charge in [0.25, 0.3) is 0 Å². The molecule has 0 spiro atoms. The van der Waals surface area contributed by atoms with Crippen LogP contribution in [0, 0.1) is 0 Å². The van der Waals surface area contributed by atoms with Gasteiger partial charge in [0, 0.05) is 11.1 Å². The van der Waals surface area contributed by atoms with Gasteiger partial charge in [-0.05, 0) is 132 Å². The molecule has 2 aliphatic rings. The molecule has 0 radical (unpaired) electrons. The molecule has 292 valence electrons. The quantitative estimate of drug-likeness (QED) is 0.224. The molecule has 15 nitrogen and oxygen atoms in total. The Morgan fingerprint density at radius 3 is 0.852 bits per heavy atom. The molecule has 2 aromatic carbocycles. The van der Waals surface area contributed by atoms with Crippen molar-refractivity contribution in [3.05, 3.63) is 59.7 Å². The summed E-state index contributed by atoms with van der Waals surface area (Å²) in [6.45, 7) is 21.6. The topological polar surface area (TPSA) is 160 Å². The zero-order valence-corrected chi connectivity index (χ0v) is 33.3. The van der Waals surface area contributed by atoms with Crippen molar-refractivity contribution in [3.8, 4) is 0 Å². The van der Waals surface area contributed by atoms with Crippen LogP contribution in [0.1, 0.15) is 99.0 Å². The van der Waals surface area contributed by atoms with Gasteiger partial charge in [-0.25, -0.2) is 48.8 Å². The fourth-order valence-electron chi connectivity index (χ4n) is 5.06. The number of ketones is 1. The van der Waals surface area contributed by atoms with Gasteiger partial charge in [0.2, 0.25) is 11.9 Å². The molecule has 0 bridgehead atoms. The van der Waals surface area contributed by atoms with Crippen LogP contribution in [0.2, 0.25) is 0 Å². The summed E-state index contributed by atoms with van der Waals surface area (Å²) in [5.41, 5.74) is -1.59. The Labute approximate surface area is 316 Å². The number of aliphatic imine (C=N–C) groups is 2. The lowest BCUT2D eigenvalue weighted by Gasteiger charge is -2.27. The summed E-state index contributed by atoms with van der Waals surface area (Å²) >= 11 is 0. The Balaban J connectivity index is 1.58. The molecule has 2 fully saturated rings. The molecule has 2 saturated heterocycles. The van der Waals surface area contributed by atoms with Crippen molar-refractivity contribution in [1.82, 2.24) is 19.6 Å². The van der Waals surface area contributed by atoms with Gasteiger partial charge >= 0.3 is 24.4 Å². The molecular formula is C39H52N6O9. The van der Waals surface area contributed by atoms with Crippen LogP contribution in [0.4, 0.5) is 30.6 Å². The highest BCUT2D eigenvalue weighted by atomic mass is 16.6. The van der Waals surface area contributed by atoms with Crippen LogP contribution in [0.15, 0.2) is 58.5 Å². The first-order valence-corrected chi connectivity index (χ1v) is 17.7. The molecule has 4 amide bonds. The van der Waals surface area contributed by atoms with Crippen LogP contribution in [-0.4, -0.2) is 110 Å². The Morgan fingerprint density at radius 2 is 0.648 bits per heavy atom. The lowest BCUT2D eigenvalue weighted by atomic mass is 10.0. The fourth-order valence-corrected chi connectivity index (χ4v) is 5.06. The third-order valence-electron chi connectivity index (χ3n) is 7.23. The lowest BCUT2D eigenvalue weighted by Crippen LogP contribution is -2.44. The molecular weight excluding hydrogens is 696 g/mol. The average Bonchev–Trinajstić information content (AvgIpc) is 3.63. The number of ether oxygens (including phenoxy) is 4. The van der Waals surface area contributed by atoms with E-state index in [1.54, 1.807) is 132 Å². The van der Waals surface area contributed by atoms with Crippen molar-refractivity contribution in [2.45, 2.75) is 105 Å². The second-order valence-corrected chi connectivity index (χ2v) is 16.8. The molecule has 0 unspecified atom stereocenters. The normalized spacial score (nSPS) is 15.3. The Hall–Kier alpha value is -5.47. The maximum atomic E-state index is 13.5. The van der Waals surface area contributed by atoms with Crippen LogP contribution >= 0.6 is 0 Å². The summed E-state index contributed by atoms with van der Waals surface area (Å²) in [5, 5.41) is 0. The second kappa shape index (κ2) is 15.5. The number of hydrogen-bond donors (Lipinski definition) is 0. The smallest absolute Gasteiger partial charge is 0.417 e. The van der Waals surface area contributed by atoms with Crippen LogP contribution in [0.3, 0.4) is 0 Å². The SMILES string of the molecule is CC(C)(C)OC(=O)N1CCN(C(=O)OC(C)(C)C)C1=Nc1ccc(C(=O)c2ccc(N=C3N(C(=O)OC(C)(C)C)CCN3C(=O)OC(C)(C)C)cc2)cc1. The Morgan fingerprint density at radius 1 is 0.426 bits per heavy atom. The summed E-state index contributed by atoms with van der Waals surface area (Å²) in [6.07, 6.45) is -2.63. The van der Waals surface area contributed by atoms with E-state index in [1.807, 2.05) is 0 Å². The number of guanidine groups is 2. The molecule has 15 heteroatoms. The van der Waals surface area contributed by atoms with E-state index in [9.17, 15) is 24.0 Å². The number of hydrogen-bond acceptors (Lipinski definition) is 11. The molecule has 0 saturated carbocycles. The van der Waals surface area contributed by atoms with Crippen molar-refractivity contribution in [2.75, 3.05) is 26.2 Å². The van der Waals surface area contributed by atoms with Gasteiger partial charge < -0.3 is 18.9 Å². The minimum absolute atomic E-state index is 0.0486. The van der Waals surface area contributed by atoms with E-state index in [0.717, 1.165) is 0 Å². The summed E-state index contributed by atoms with van der Waals surface area (Å²) in [7, 11) is 0. The monoisotopic (exact) mass is 748 g/mol. The van der Waals surface area contributed by atoms with Crippen molar-refractivity contribution in [1.29, 1.82) is 0 Å². The predicted octanol–water partition coefficient (Wildman–Crippen LogP) is 7.87. The van der Waals surface area contributed by atoms with E-state index in [2.05, 4.69) is 9.98 Å². The van der Waals surface area contributed by atoms with Crippen molar-refractivity contribution < 1.29 is 42.9 Å². The zero-order chi connectivity index (χ0) is 40.4. The van der Waals surface area contributed by atoms with Crippen molar-refractivity contribution >= 4 is 53.5 Å². The van der Waals surface area contributed by atoms with Crippen molar-refractivity contribution in [3.63, 3.8) is 0 Å². The zero-order valence-electron chi connectivity index (χ0n) is 33.3. The van der Waals surface area contributed by atoms with E-state index < -0.39 is 46.8 Å². The summed E-state index contributed by atoms with van der Waals surface area (Å²) in [4.78, 5) is 80.1. The summed E-state index contributed by atoms with van der Waals surface area (Å²) in [5.74, 6) is -0.188. The molecule has 2 aliphatic heterocycles. The van der Waals surface area contributed by atoms with Crippen LogP contribution in [0.5, 0.6) is 0 Å². The van der Waals surface area contributed by atoms with E-state index >= 15 is 0 Å². The van der Waals surface area contributed by atoms with Gasteiger partial charge in [0.1, 0.15) is 22.4 Å². The van der Waals surface area contributed by atoms with Gasteiger partial charge in [-0.3, -0.25) is 4.79 Å². The first kappa shape index (κ1) is 41.3. The molecule has 0 aliphatic carbocycles. The second-order valence-electron chi connectivity index (χ2n) is 16.8. The summed E-state index contributed by atoms with van der Waals surface area (Å²) < 4.78 is 22.2. The van der Waals surface area contributed by atoms with Gasteiger partial charge in [-0.1, -0.05) is 0 Å². The van der Waals surface area contributed by atoms with E-state index in [4.69, 9.17) is 18.9 Å². The third-order valence-corrected chi connectivity index (χ3v) is 7.23. The highest BCUT2D eigenvalue weighted by molar-refractivity contribution is 6.10. The number of benzene rings is 2. The molecule has 2 aromatic rings. The minimum Gasteiger partial charge on any atom is -0.443 e. The number of amides is 4. The largest absolute Gasteiger partial charge is 0.443 e. The average molecular weight is 749 g/mol. The number of carbonyl (C=O) groups excluding carboxylic acids is 5. The van der Waals surface area contributed by atoms with Crippen LogP contribution in [-0.2, 0) is 18.9 Å².